The normalized spacial score (nSPS) is 10.9. The Bertz CT molecular complexity index is 1110. The van der Waals surface area contributed by atoms with Gasteiger partial charge in [0.25, 0.3) is 5.91 Å². The zero-order chi connectivity index (χ0) is 25.4. The second kappa shape index (κ2) is 14.3. The van der Waals surface area contributed by atoms with Gasteiger partial charge in [-0.3, -0.25) is 9.69 Å². The van der Waals surface area contributed by atoms with Gasteiger partial charge in [-0.1, -0.05) is 24.3 Å². The number of anilines is 1. The number of ether oxygens (including phenoxy) is 3. The molecule has 0 aliphatic heterocycles. The van der Waals surface area contributed by atoms with Gasteiger partial charge in [-0.2, -0.15) is 0 Å². The molecule has 0 spiro atoms. The Balaban J connectivity index is 0.00000456. The third-order valence-corrected chi connectivity index (χ3v) is 6.51. The molecular formula is C27H38ClN3O4S. The van der Waals surface area contributed by atoms with E-state index in [0.717, 1.165) is 29.6 Å². The Morgan fingerprint density at radius 3 is 2.11 bits per heavy atom. The Labute approximate surface area is 224 Å². The number of carbonyl (C=O) groups is 1. The van der Waals surface area contributed by atoms with E-state index < -0.39 is 0 Å². The number of aryl methyl sites for hydroxylation is 1. The molecule has 2 aromatic carbocycles. The fraction of sp³-hybridized carbons (Fsp3) is 0.481. The van der Waals surface area contributed by atoms with Gasteiger partial charge in [0.15, 0.2) is 16.6 Å². The summed E-state index contributed by atoms with van der Waals surface area (Å²) < 4.78 is 18.6. The predicted molar refractivity (Wildman–Crippen MR) is 151 cm³/mol. The number of hydrogen-bond acceptors (Lipinski definition) is 7. The van der Waals surface area contributed by atoms with Gasteiger partial charge in [0.2, 0.25) is 5.75 Å². The van der Waals surface area contributed by atoms with Gasteiger partial charge in [-0.15, -0.1) is 12.4 Å². The number of nitrogens with zero attached hydrogens (tertiary/aromatic N) is 3. The summed E-state index contributed by atoms with van der Waals surface area (Å²) in [6, 6.07) is 9.80. The summed E-state index contributed by atoms with van der Waals surface area (Å²) >= 11 is 1.55. The minimum atomic E-state index is -0.136. The number of benzene rings is 2. The number of amides is 1. The van der Waals surface area contributed by atoms with Crippen molar-refractivity contribution in [1.29, 1.82) is 0 Å². The van der Waals surface area contributed by atoms with Crippen LogP contribution < -0.4 is 19.1 Å². The van der Waals surface area contributed by atoms with E-state index in [2.05, 4.69) is 24.0 Å². The molecule has 0 fully saturated rings. The van der Waals surface area contributed by atoms with Gasteiger partial charge in [0, 0.05) is 12.1 Å². The molecule has 0 unspecified atom stereocenters. The van der Waals surface area contributed by atoms with E-state index >= 15 is 0 Å². The fourth-order valence-corrected chi connectivity index (χ4v) is 4.84. The summed E-state index contributed by atoms with van der Waals surface area (Å²) in [7, 11) is 4.07. The van der Waals surface area contributed by atoms with Gasteiger partial charge in [0.1, 0.15) is 0 Å². The molecule has 9 heteroatoms. The van der Waals surface area contributed by atoms with Crippen molar-refractivity contribution in [2.24, 2.45) is 0 Å². The Morgan fingerprint density at radius 1 is 0.917 bits per heavy atom. The molecule has 1 aromatic heterocycles. The molecule has 3 aromatic rings. The Hall–Kier alpha value is -2.55. The van der Waals surface area contributed by atoms with Crippen molar-refractivity contribution < 1.29 is 19.0 Å². The molecule has 0 bridgehead atoms. The molecule has 0 N–H and O–H groups in total. The second-order valence-electron chi connectivity index (χ2n) is 8.37. The molecule has 0 radical (unpaired) electrons. The Morgan fingerprint density at radius 2 is 1.56 bits per heavy atom. The maximum atomic E-state index is 13.9. The lowest BCUT2D eigenvalue weighted by Gasteiger charge is -2.22. The standard InChI is InChI=1S/C27H37N3O4S.ClH/c1-7-19-12-13-21-24(16-19)35-27(28-21)30(15-11-14-29(5)6)26(31)20-17-22(32-8-2)25(34-10-4)23(18-20)33-9-3;/h12-13,16-18H,7-11,14-15H2,1-6H3;1H. The molecule has 36 heavy (non-hydrogen) atoms. The fourth-order valence-electron chi connectivity index (χ4n) is 3.79. The lowest BCUT2D eigenvalue weighted by atomic mass is 10.1. The molecule has 198 valence electrons. The zero-order valence-corrected chi connectivity index (χ0v) is 23.8. The first-order valence-corrected chi connectivity index (χ1v) is 13.2. The summed E-state index contributed by atoms with van der Waals surface area (Å²) in [5.41, 5.74) is 2.65. The van der Waals surface area contributed by atoms with Crippen LogP contribution in [0.5, 0.6) is 17.2 Å². The molecular weight excluding hydrogens is 498 g/mol. The number of carbonyl (C=O) groups excluding carboxylic acids is 1. The summed E-state index contributed by atoms with van der Waals surface area (Å²) in [5, 5.41) is 0.696. The monoisotopic (exact) mass is 535 g/mol. The highest BCUT2D eigenvalue weighted by Crippen LogP contribution is 2.40. The summed E-state index contributed by atoms with van der Waals surface area (Å²) in [5.74, 6) is 1.41. The highest BCUT2D eigenvalue weighted by molar-refractivity contribution is 7.22. The zero-order valence-electron chi connectivity index (χ0n) is 22.1. The van der Waals surface area contributed by atoms with Gasteiger partial charge in [0.05, 0.1) is 30.0 Å². The summed E-state index contributed by atoms with van der Waals surface area (Å²) in [6.45, 7) is 10.7. The van der Waals surface area contributed by atoms with E-state index in [-0.39, 0.29) is 18.3 Å². The molecule has 3 rings (SSSR count). The van der Waals surface area contributed by atoms with Crippen LogP contribution in [-0.2, 0) is 6.42 Å². The number of thiazole rings is 1. The molecule has 7 nitrogen and oxygen atoms in total. The molecule has 1 heterocycles. The molecule has 0 saturated heterocycles. The maximum Gasteiger partial charge on any atom is 0.260 e. The van der Waals surface area contributed by atoms with E-state index in [1.807, 2.05) is 40.9 Å². The average molecular weight is 536 g/mol. The van der Waals surface area contributed by atoms with Crippen molar-refractivity contribution in [3.05, 3.63) is 41.5 Å². The van der Waals surface area contributed by atoms with E-state index in [4.69, 9.17) is 19.2 Å². The highest BCUT2D eigenvalue weighted by atomic mass is 35.5. The Kier molecular flexibility index (Phi) is 11.8. The van der Waals surface area contributed by atoms with Crippen molar-refractivity contribution >= 4 is 45.0 Å². The van der Waals surface area contributed by atoms with Gasteiger partial charge < -0.3 is 19.1 Å². The molecule has 0 atom stereocenters. The first-order valence-electron chi connectivity index (χ1n) is 12.3. The van der Waals surface area contributed by atoms with Crippen molar-refractivity contribution in [2.45, 2.75) is 40.5 Å². The third kappa shape index (κ3) is 7.24. The van der Waals surface area contributed by atoms with Crippen LogP contribution >= 0.6 is 23.7 Å². The number of hydrogen-bond donors (Lipinski definition) is 0. The van der Waals surface area contributed by atoms with Gasteiger partial charge in [-0.25, -0.2) is 4.98 Å². The van der Waals surface area contributed by atoms with Crippen LogP contribution in [0, 0.1) is 0 Å². The topological polar surface area (TPSA) is 64.1 Å². The van der Waals surface area contributed by atoms with Crippen molar-refractivity contribution in [3.63, 3.8) is 0 Å². The number of rotatable bonds is 13. The molecule has 0 saturated carbocycles. The smallest absolute Gasteiger partial charge is 0.260 e. The van der Waals surface area contributed by atoms with Crippen LogP contribution in [0.3, 0.4) is 0 Å². The van der Waals surface area contributed by atoms with Crippen molar-refractivity contribution in [2.75, 3.05) is 51.9 Å². The summed E-state index contributed by atoms with van der Waals surface area (Å²) in [4.78, 5) is 22.6. The van der Waals surface area contributed by atoms with Gasteiger partial charge in [-0.05, 0) is 84.1 Å². The number of halogens is 1. The van der Waals surface area contributed by atoms with Crippen LogP contribution in [0.15, 0.2) is 30.3 Å². The van der Waals surface area contributed by atoms with E-state index in [1.165, 1.54) is 5.56 Å². The van der Waals surface area contributed by atoms with Crippen LogP contribution in [0.2, 0.25) is 0 Å². The molecule has 0 aliphatic rings. The van der Waals surface area contributed by atoms with E-state index in [0.29, 0.717) is 54.3 Å². The minimum Gasteiger partial charge on any atom is -0.490 e. The second-order valence-corrected chi connectivity index (χ2v) is 9.38. The largest absolute Gasteiger partial charge is 0.490 e. The van der Waals surface area contributed by atoms with Crippen LogP contribution in [-0.4, -0.2) is 62.8 Å². The first-order chi connectivity index (χ1) is 16.9. The third-order valence-electron chi connectivity index (χ3n) is 5.47. The highest BCUT2D eigenvalue weighted by Gasteiger charge is 2.25. The van der Waals surface area contributed by atoms with E-state index in [9.17, 15) is 4.79 Å². The van der Waals surface area contributed by atoms with E-state index in [1.54, 1.807) is 28.4 Å². The number of aromatic nitrogens is 1. The predicted octanol–water partition coefficient (Wildman–Crippen LogP) is 6.08. The average Bonchev–Trinajstić information content (AvgIpc) is 3.26. The van der Waals surface area contributed by atoms with Gasteiger partial charge >= 0.3 is 0 Å². The summed E-state index contributed by atoms with van der Waals surface area (Å²) in [6.07, 6.45) is 1.78. The van der Waals surface area contributed by atoms with Crippen molar-refractivity contribution in [1.82, 2.24) is 9.88 Å². The lowest BCUT2D eigenvalue weighted by Crippen LogP contribution is -2.33. The van der Waals surface area contributed by atoms with Crippen LogP contribution in [0.25, 0.3) is 10.2 Å². The SMILES string of the molecule is CCOc1cc(C(=O)N(CCCN(C)C)c2nc3ccc(CC)cc3s2)cc(OCC)c1OCC.Cl. The minimum absolute atomic E-state index is 0. The lowest BCUT2D eigenvalue weighted by molar-refractivity contribution is 0.0985. The quantitative estimate of drug-likeness (QED) is 0.264. The first kappa shape index (κ1) is 29.7. The number of fused-ring (bicyclic) bond motifs is 1. The maximum absolute atomic E-state index is 13.9. The molecule has 1 amide bonds. The van der Waals surface area contributed by atoms with Crippen molar-refractivity contribution in [3.8, 4) is 17.2 Å². The molecule has 0 aliphatic carbocycles. The van der Waals surface area contributed by atoms with Crippen LogP contribution in [0.1, 0.15) is 50.0 Å². The van der Waals surface area contributed by atoms with Crippen LogP contribution in [0.4, 0.5) is 5.13 Å².